The first-order valence-electron chi connectivity index (χ1n) is 6.58. The highest BCUT2D eigenvalue weighted by Gasteiger charge is 2.16. The Hall–Kier alpha value is -2.89. The molecule has 0 aliphatic heterocycles. The average molecular weight is 282 g/mol. The molecule has 2 aromatic heterocycles. The zero-order valence-electron chi connectivity index (χ0n) is 11.3. The maximum atomic E-state index is 12.1. The zero-order valence-corrected chi connectivity index (χ0v) is 11.3. The van der Waals surface area contributed by atoms with E-state index < -0.39 is 5.97 Å². The van der Waals surface area contributed by atoms with Crippen LogP contribution in [0.3, 0.4) is 0 Å². The molecular formula is C15H14N4O2. The molecule has 6 heteroatoms. The first-order valence-corrected chi connectivity index (χ1v) is 6.58. The molecule has 0 atom stereocenters. The molecule has 0 fully saturated rings. The van der Waals surface area contributed by atoms with Crippen molar-refractivity contribution in [3.8, 4) is 11.3 Å². The Bertz CT molecular complexity index is 704. The Morgan fingerprint density at radius 2 is 2.10 bits per heavy atom. The second-order valence-electron chi connectivity index (χ2n) is 4.43. The number of nitrogens with one attached hydrogen (secondary N) is 1. The number of carbonyl (C=O) groups is 1. The van der Waals surface area contributed by atoms with E-state index in [1.807, 2.05) is 42.6 Å². The van der Waals surface area contributed by atoms with Crippen LogP contribution in [0.1, 0.15) is 10.4 Å². The Morgan fingerprint density at radius 3 is 2.86 bits per heavy atom. The van der Waals surface area contributed by atoms with Crippen molar-refractivity contribution >= 4 is 5.97 Å². The van der Waals surface area contributed by atoms with Crippen molar-refractivity contribution in [3.05, 3.63) is 60.6 Å². The second-order valence-corrected chi connectivity index (χ2v) is 4.43. The van der Waals surface area contributed by atoms with Crippen molar-refractivity contribution in [1.82, 2.24) is 20.0 Å². The molecule has 0 aliphatic rings. The number of aromatic nitrogens is 4. The number of esters is 1. The lowest BCUT2D eigenvalue weighted by Gasteiger charge is -2.05. The van der Waals surface area contributed by atoms with Crippen LogP contribution in [0.5, 0.6) is 0 Å². The normalized spacial score (nSPS) is 10.5. The first-order chi connectivity index (χ1) is 10.3. The highest BCUT2D eigenvalue weighted by atomic mass is 16.5. The van der Waals surface area contributed by atoms with Gasteiger partial charge in [-0.3, -0.25) is 9.78 Å². The summed E-state index contributed by atoms with van der Waals surface area (Å²) in [6, 6.07) is 11.4. The molecule has 106 valence electrons. The maximum absolute atomic E-state index is 12.1. The van der Waals surface area contributed by atoms with Gasteiger partial charge in [0.05, 0.1) is 18.4 Å². The third-order valence-electron chi connectivity index (χ3n) is 3.03. The summed E-state index contributed by atoms with van der Waals surface area (Å²) in [5, 5.41) is 10.8. The van der Waals surface area contributed by atoms with E-state index in [0.717, 1.165) is 5.56 Å². The summed E-state index contributed by atoms with van der Waals surface area (Å²) in [7, 11) is 0. The highest BCUT2D eigenvalue weighted by molar-refractivity contribution is 5.95. The van der Waals surface area contributed by atoms with Crippen LogP contribution in [0, 0.1) is 0 Å². The van der Waals surface area contributed by atoms with Crippen molar-refractivity contribution in [2.75, 3.05) is 6.61 Å². The molecule has 3 rings (SSSR count). The minimum Gasteiger partial charge on any atom is -0.460 e. The average Bonchev–Trinajstić information content (AvgIpc) is 3.19. The van der Waals surface area contributed by atoms with Gasteiger partial charge in [-0.25, -0.2) is 4.79 Å². The third kappa shape index (κ3) is 3.00. The molecule has 0 aliphatic carbocycles. The van der Waals surface area contributed by atoms with Gasteiger partial charge in [0.1, 0.15) is 12.2 Å². The number of ether oxygens (including phenoxy) is 1. The van der Waals surface area contributed by atoms with Gasteiger partial charge in [-0.15, -0.1) is 0 Å². The molecule has 1 aromatic carbocycles. The van der Waals surface area contributed by atoms with Gasteiger partial charge in [0.15, 0.2) is 0 Å². The zero-order chi connectivity index (χ0) is 14.5. The SMILES string of the molecule is O=C(OCCn1cccn1)c1cn[nH]c1-c1ccccc1. The Labute approximate surface area is 121 Å². The summed E-state index contributed by atoms with van der Waals surface area (Å²) in [5.41, 5.74) is 2.00. The number of H-pyrrole nitrogens is 1. The number of nitrogens with zero attached hydrogens (tertiary/aromatic N) is 3. The lowest BCUT2D eigenvalue weighted by Crippen LogP contribution is -2.12. The smallest absolute Gasteiger partial charge is 0.342 e. The molecular weight excluding hydrogens is 268 g/mol. The molecule has 0 spiro atoms. The van der Waals surface area contributed by atoms with E-state index in [2.05, 4.69) is 15.3 Å². The van der Waals surface area contributed by atoms with Gasteiger partial charge in [0.25, 0.3) is 0 Å². The summed E-state index contributed by atoms with van der Waals surface area (Å²) >= 11 is 0. The van der Waals surface area contributed by atoms with Crippen molar-refractivity contribution in [3.63, 3.8) is 0 Å². The van der Waals surface area contributed by atoms with Gasteiger partial charge < -0.3 is 4.74 Å². The number of carbonyl (C=O) groups excluding carboxylic acids is 1. The van der Waals surface area contributed by atoms with Gasteiger partial charge in [0, 0.05) is 18.0 Å². The first kappa shape index (κ1) is 13.1. The fraction of sp³-hybridized carbons (Fsp3) is 0.133. The van der Waals surface area contributed by atoms with Crippen LogP contribution in [0.25, 0.3) is 11.3 Å². The van der Waals surface area contributed by atoms with Crippen LogP contribution in [0.15, 0.2) is 55.0 Å². The molecule has 0 saturated heterocycles. The minimum absolute atomic E-state index is 0.264. The Balaban J connectivity index is 1.67. The second kappa shape index (κ2) is 6.04. The van der Waals surface area contributed by atoms with Gasteiger partial charge in [-0.05, 0) is 6.07 Å². The molecule has 6 nitrogen and oxygen atoms in total. The lowest BCUT2D eigenvalue weighted by atomic mass is 10.1. The van der Waals surface area contributed by atoms with Crippen LogP contribution < -0.4 is 0 Å². The Morgan fingerprint density at radius 1 is 1.24 bits per heavy atom. The molecule has 0 unspecified atom stereocenters. The fourth-order valence-corrected chi connectivity index (χ4v) is 2.01. The van der Waals surface area contributed by atoms with Gasteiger partial charge in [0.2, 0.25) is 0 Å². The summed E-state index contributed by atoms with van der Waals surface area (Å²) in [5.74, 6) is -0.394. The molecule has 1 N–H and O–H groups in total. The molecule has 2 heterocycles. The van der Waals surface area contributed by atoms with E-state index >= 15 is 0 Å². The molecule has 21 heavy (non-hydrogen) atoms. The van der Waals surface area contributed by atoms with E-state index in [4.69, 9.17) is 4.74 Å². The molecule has 3 aromatic rings. The van der Waals surface area contributed by atoms with E-state index in [1.165, 1.54) is 6.20 Å². The van der Waals surface area contributed by atoms with Crippen LogP contribution >= 0.6 is 0 Å². The number of benzene rings is 1. The van der Waals surface area contributed by atoms with Gasteiger partial charge >= 0.3 is 5.97 Å². The number of aromatic amines is 1. The summed E-state index contributed by atoms with van der Waals surface area (Å²) in [6.07, 6.45) is 4.99. The molecule has 0 saturated carbocycles. The van der Waals surface area contributed by atoms with E-state index in [1.54, 1.807) is 10.9 Å². The number of rotatable bonds is 5. The summed E-state index contributed by atoms with van der Waals surface area (Å²) in [4.78, 5) is 12.1. The van der Waals surface area contributed by atoms with Crippen LogP contribution in [-0.4, -0.2) is 32.6 Å². The highest BCUT2D eigenvalue weighted by Crippen LogP contribution is 2.21. The maximum Gasteiger partial charge on any atom is 0.342 e. The van der Waals surface area contributed by atoms with Crippen LogP contribution in [0.4, 0.5) is 0 Å². The lowest BCUT2D eigenvalue weighted by molar-refractivity contribution is 0.0488. The third-order valence-corrected chi connectivity index (χ3v) is 3.03. The van der Waals surface area contributed by atoms with Crippen LogP contribution in [0.2, 0.25) is 0 Å². The predicted molar refractivity (Wildman–Crippen MR) is 76.5 cm³/mol. The quantitative estimate of drug-likeness (QED) is 0.728. The van der Waals surface area contributed by atoms with Crippen molar-refractivity contribution in [1.29, 1.82) is 0 Å². The fourth-order valence-electron chi connectivity index (χ4n) is 2.01. The largest absolute Gasteiger partial charge is 0.460 e. The van der Waals surface area contributed by atoms with Crippen molar-refractivity contribution in [2.24, 2.45) is 0 Å². The van der Waals surface area contributed by atoms with Crippen molar-refractivity contribution < 1.29 is 9.53 Å². The molecule has 0 bridgehead atoms. The number of hydrogen-bond acceptors (Lipinski definition) is 4. The predicted octanol–water partition coefficient (Wildman–Crippen LogP) is 2.13. The topological polar surface area (TPSA) is 72.8 Å². The monoisotopic (exact) mass is 282 g/mol. The van der Waals surface area contributed by atoms with Gasteiger partial charge in [-0.2, -0.15) is 10.2 Å². The minimum atomic E-state index is -0.394. The Kier molecular flexibility index (Phi) is 3.77. The van der Waals surface area contributed by atoms with E-state index in [0.29, 0.717) is 17.8 Å². The van der Waals surface area contributed by atoms with Crippen molar-refractivity contribution in [2.45, 2.75) is 6.54 Å². The molecule has 0 amide bonds. The summed E-state index contributed by atoms with van der Waals surface area (Å²) in [6.45, 7) is 0.789. The van der Waals surface area contributed by atoms with Gasteiger partial charge in [-0.1, -0.05) is 30.3 Å². The van der Waals surface area contributed by atoms with E-state index in [9.17, 15) is 4.79 Å². The standard InChI is InChI=1S/C15H14N4O2/c20-15(21-10-9-19-8-4-7-17-19)13-11-16-18-14(13)12-5-2-1-3-6-12/h1-8,11H,9-10H2,(H,16,18). The number of hydrogen-bond donors (Lipinski definition) is 1. The van der Waals surface area contributed by atoms with E-state index in [-0.39, 0.29) is 6.61 Å². The van der Waals surface area contributed by atoms with Crippen LogP contribution in [-0.2, 0) is 11.3 Å². The molecule has 0 radical (unpaired) electrons. The summed E-state index contributed by atoms with van der Waals surface area (Å²) < 4.78 is 6.97.